The molecule has 0 fully saturated rings. The number of hydrogen-bond acceptors (Lipinski definition) is 3. The highest BCUT2D eigenvalue weighted by Gasteiger charge is 2.08. The first-order valence-electron chi connectivity index (χ1n) is 5.15. The van der Waals surface area contributed by atoms with Crippen molar-refractivity contribution in [2.75, 3.05) is 5.32 Å². The summed E-state index contributed by atoms with van der Waals surface area (Å²) in [4.78, 5) is 15.4. The SMILES string of the molecule is N#CCC(=O)Nc1cc(Cl)ccc1-n1ccnc1. The van der Waals surface area contributed by atoms with Crippen LogP contribution in [0.3, 0.4) is 0 Å². The minimum atomic E-state index is -0.374. The lowest BCUT2D eigenvalue weighted by atomic mass is 10.2. The van der Waals surface area contributed by atoms with Gasteiger partial charge in [-0.1, -0.05) is 11.6 Å². The molecule has 2 aromatic rings. The van der Waals surface area contributed by atoms with Crippen LogP contribution < -0.4 is 5.32 Å². The van der Waals surface area contributed by atoms with E-state index >= 15 is 0 Å². The van der Waals surface area contributed by atoms with Crippen molar-refractivity contribution in [1.29, 1.82) is 5.26 Å². The number of nitrogens with zero attached hydrogens (tertiary/aromatic N) is 3. The average molecular weight is 261 g/mol. The van der Waals surface area contributed by atoms with Crippen LogP contribution in [0.4, 0.5) is 5.69 Å². The Morgan fingerprint density at radius 3 is 3.06 bits per heavy atom. The number of benzene rings is 1. The maximum absolute atomic E-state index is 11.4. The van der Waals surface area contributed by atoms with Crippen molar-refractivity contribution in [3.63, 3.8) is 0 Å². The average Bonchev–Trinajstić information content (AvgIpc) is 2.83. The molecule has 1 aromatic carbocycles. The first-order valence-corrected chi connectivity index (χ1v) is 5.53. The van der Waals surface area contributed by atoms with E-state index in [9.17, 15) is 4.79 Å². The fourth-order valence-electron chi connectivity index (χ4n) is 1.50. The second-order valence-electron chi connectivity index (χ2n) is 3.51. The summed E-state index contributed by atoms with van der Waals surface area (Å²) in [6.07, 6.45) is 4.80. The summed E-state index contributed by atoms with van der Waals surface area (Å²) in [5.74, 6) is -0.374. The molecular weight excluding hydrogens is 252 g/mol. The third-order valence-electron chi connectivity index (χ3n) is 2.25. The van der Waals surface area contributed by atoms with Crippen molar-refractivity contribution < 1.29 is 4.79 Å². The second-order valence-corrected chi connectivity index (χ2v) is 3.95. The quantitative estimate of drug-likeness (QED) is 0.921. The molecule has 1 N–H and O–H groups in total. The summed E-state index contributed by atoms with van der Waals surface area (Å²) in [7, 11) is 0. The normalized spacial score (nSPS) is 9.78. The van der Waals surface area contributed by atoms with E-state index in [1.54, 1.807) is 47.6 Å². The fraction of sp³-hybridized carbons (Fsp3) is 0.0833. The Bertz CT molecular complexity index is 601. The lowest BCUT2D eigenvalue weighted by molar-refractivity contribution is -0.115. The summed E-state index contributed by atoms with van der Waals surface area (Å²) in [6.45, 7) is 0. The van der Waals surface area contributed by atoms with Crippen LogP contribution in [0.15, 0.2) is 36.9 Å². The number of nitriles is 1. The molecule has 1 amide bonds. The predicted molar refractivity (Wildman–Crippen MR) is 67.4 cm³/mol. The molecule has 1 aromatic heterocycles. The summed E-state index contributed by atoms with van der Waals surface area (Å²) >= 11 is 5.90. The monoisotopic (exact) mass is 260 g/mol. The number of anilines is 1. The Morgan fingerprint density at radius 2 is 2.39 bits per heavy atom. The Labute approximate surface area is 109 Å². The summed E-state index contributed by atoms with van der Waals surface area (Å²) in [5, 5.41) is 11.6. The third-order valence-corrected chi connectivity index (χ3v) is 2.49. The highest BCUT2D eigenvalue weighted by Crippen LogP contribution is 2.24. The Hall–Kier alpha value is -2.32. The number of aromatic nitrogens is 2. The van der Waals surface area contributed by atoms with E-state index in [0.29, 0.717) is 10.7 Å². The zero-order valence-electron chi connectivity index (χ0n) is 9.30. The molecule has 0 spiro atoms. The number of imidazole rings is 1. The summed E-state index contributed by atoms with van der Waals surface area (Å²) in [5.41, 5.74) is 1.28. The van der Waals surface area contributed by atoms with Crippen molar-refractivity contribution >= 4 is 23.2 Å². The molecule has 0 radical (unpaired) electrons. The lowest BCUT2D eigenvalue weighted by Crippen LogP contribution is -2.12. The number of hydrogen-bond donors (Lipinski definition) is 1. The van der Waals surface area contributed by atoms with Gasteiger partial charge in [-0.25, -0.2) is 4.98 Å². The van der Waals surface area contributed by atoms with E-state index in [2.05, 4.69) is 10.3 Å². The molecule has 5 nitrogen and oxygen atoms in total. The fourth-order valence-corrected chi connectivity index (χ4v) is 1.67. The minimum absolute atomic E-state index is 0.199. The van der Waals surface area contributed by atoms with Crippen LogP contribution in [0.1, 0.15) is 6.42 Å². The van der Waals surface area contributed by atoms with Gasteiger partial charge in [-0.15, -0.1) is 0 Å². The van der Waals surface area contributed by atoms with Crippen LogP contribution in [-0.4, -0.2) is 15.5 Å². The highest BCUT2D eigenvalue weighted by molar-refractivity contribution is 6.31. The molecule has 90 valence electrons. The first-order chi connectivity index (χ1) is 8.70. The van der Waals surface area contributed by atoms with E-state index in [1.165, 1.54) is 0 Å². The lowest BCUT2D eigenvalue weighted by Gasteiger charge is -2.11. The van der Waals surface area contributed by atoms with Crippen LogP contribution in [0.25, 0.3) is 5.69 Å². The van der Waals surface area contributed by atoms with Crippen molar-refractivity contribution in [2.24, 2.45) is 0 Å². The summed E-state index contributed by atoms with van der Waals surface area (Å²) < 4.78 is 1.75. The van der Waals surface area contributed by atoms with Crippen LogP contribution in [0.2, 0.25) is 5.02 Å². The largest absolute Gasteiger partial charge is 0.323 e. The van der Waals surface area contributed by atoms with Crippen LogP contribution in [0.5, 0.6) is 0 Å². The van der Waals surface area contributed by atoms with Gasteiger partial charge in [0.1, 0.15) is 6.42 Å². The van der Waals surface area contributed by atoms with Gasteiger partial charge < -0.3 is 9.88 Å². The molecule has 0 aliphatic heterocycles. The van der Waals surface area contributed by atoms with Gasteiger partial charge >= 0.3 is 0 Å². The molecule has 6 heteroatoms. The van der Waals surface area contributed by atoms with Gasteiger partial charge in [0.25, 0.3) is 0 Å². The number of nitrogens with one attached hydrogen (secondary N) is 1. The molecule has 0 aliphatic rings. The van der Waals surface area contributed by atoms with Gasteiger partial charge in [-0.2, -0.15) is 5.26 Å². The molecule has 0 bridgehead atoms. The molecule has 2 rings (SSSR count). The standard InChI is InChI=1S/C12H9ClN4O/c13-9-1-2-11(17-6-5-15-8-17)10(7-9)16-12(18)3-4-14/h1-2,5-8H,3H2,(H,16,18). The van der Waals surface area contributed by atoms with Gasteiger partial charge in [0, 0.05) is 17.4 Å². The van der Waals surface area contributed by atoms with E-state index < -0.39 is 0 Å². The molecule has 0 saturated heterocycles. The Balaban J connectivity index is 2.36. The molecular formula is C12H9ClN4O. The third kappa shape index (κ3) is 2.67. The maximum Gasteiger partial charge on any atom is 0.238 e. The highest BCUT2D eigenvalue weighted by atomic mass is 35.5. The first kappa shape index (κ1) is 12.1. The second kappa shape index (κ2) is 5.34. The zero-order chi connectivity index (χ0) is 13.0. The molecule has 1 heterocycles. The van der Waals surface area contributed by atoms with Crippen molar-refractivity contribution in [3.05, 3.63) is 41.9 Å². The molecule has 0 atom stereocenters. The van der Waals surface area contributed by atoms with E-state index in [4.69, 9.17) is 16.9 Å². The van der Waals surface area contributed by atoms with Gasteiger partial charge in [0.2, 0.25) is 5.91 Å². The van der Waals surface area contributed by atoms with E-state index in [0.717, 1.165) is 5.69 Å². The topological polar surface area (TPSA) is 70.7 Å². The smallest absolute Gasteiger partial charge is 0.238 e. The van der Waals surface area contributed by atoms with Crippen molar-refractivity contribution in [3.8, 4) is 11.8 Å². The minimum Gasteiger partial charge on any atom is -0.323 e. The summed E-state index contributed by atoms with van der Waals surface area (Å²) in [6, 6.07) is 6.91. The predicted octanol–water partition coefficient (Wildman–Crippen LogP) is 2.38. The van der Waals surface area contributed by atoms with Gasteiger partial charge in [-0.3, -0.25) is 4.79 Å². The number of carbonyl (C=O) groups excluding carboxylic acids is 1. The van der Waals surface area contributed by atoms with Crippen LogP contribution >= 0.6 is 11.6 Å². The van der Waals surface area contributed by atoms with Crippen molar-refractivity contribution in [1.82, 2.24) is 9.55 Å². The number of carbonyl (C=O) groups is 1. The van der Waals surface area contributed by atoms with E-state index in [1.807, 2.05) is 0 Å². The Morgan fingerprint density at radius 1 is 1.56 bits per heavy atom. The number of amides is 1. The maximum atomic E-state index is 11.4. The van der Waals surface area contributed by atoms with Crippen molar-refractivity contribution in [2.45, 2.75) is 6.42 Å². The van der Waals surface area contributed by atoms with Gasteiger partial charge in [-0.05, 0) is 18.2 Å². The van der Waals surface area contributed by atoms with Crippen LogP contribution in [0, 0.1) is 11.3 Å². The van der Waals surface area contributed by atoms with Gasteiger partial charge in [0.05, 0.1) is 23.8 Å². The van der Waals surface area contributed by atoms with E-state index in [-0.39, 0.29) is 12.3 Å². The Kier molecular flexibility index (Phi) is 3.60. The van der Waals surface area contributed by atoms with Crippen LogP contribution in [-0.2, 0) is 4.79 Å². The zero-order valence-corrected chi connectivity index (χ0v) is 10.1. The van der Waals surface area contributed by atoms with Gasteiger partial charge in [0.15, 0.2) is 0 Å². The number of rotatable bonds is 3. The molecule has 0 saturated carbocycles. The number of halogens is 1. The molecule has 0 aliphatic carbocycles. The molecule has 18 heavy (non-hydrogen) atoms. The molecule has 0 unspecified atom stereocenters.